The van der Waals surface area contributed by atoms with Crippen molar-refractivity contribution in [3.05, 3.63) is 0 Å². The molecule has 1 rings (SSSR count). The zero-order valence-corrected chi connectivity index (χ0v) is 10.6. The van der Waals surface area contributed by atoms with Crippen LogP contribution in [0.1, 0.15) is 40.0 Å². The highest BCUT2D eigenvalue weighted by Gasteiger charge is 2.34. The molecule has 1 amide bonds. The predicted molar refractivity (Wildman–Crippen MR) is 64.0 cm³/mol. The molecule has 1 fully saturated rings. The lowest BCUT2D eigenvalue weighted by atomic mass is 9.95. The lowest BCUT2D eigenvalue weighted by Gasteiger charge is -2.28. The fourth-order valence-corrected chi connectivity index (χ4v) is 2.20. The van der Waals surface area contributed by atoms with Gasteiger partial charge in [-0.3, -0.25) is 4.79 Å². The molecule has 0 aliphatic carbocycles. The van der Waals surface area contributed by atoms with Crippen molar-refractivity contribution in [2.45, 2.75) is 51.7 Å². The van der Waals surface area contributed by atoms with E-state index in [9.17, 15) is 4.79 Å². The fourth-order valence-electron chi connectivity index (χ4n) is 2.20. The second-order valence-electron chi connectivity index (χ2n) is 5.12. The first-order valence-corrected chi connectivity index (χ1v) is 6.14. The van der Waals surface area contributed by atoms with Gasteiger partial charge in [-0.05, 0) is 39.7 Å². The number of ether oxygens (including phenoxy) is 1. The quantitative estimate of drug-likeness (QED) is 0.739. The minimum atomic E-state index is -0.216. The molecule has 4 heteroatoms. The van der Waals surface area contributed by atoms with Crippen LogP contribution in [0.5, 0.6) is 0 Å². The molecule has 0 spiro atoms. The average molecular weight is 228 g/mol. The molecule has 0 bridgehead atoms. The van der Waals surface area contributed by atoms with Crippen molar-refractivity contribution < 1.29 is 9.53 Å². The van der Waals surface area contributed by atoms with E-state index in [0.717, 1.165) is 19.3 Å². The number of amides is 1. The minimum Gasteiger partial charge on any atom is -0.377 e. The van der Waals surface area contributed by atoms with E-state index >= 15 is 0 Å². The molecule has 0 aromatic rings. The maximum Gasteiger partial charge on any atom is 0.226 e. The Morgan fingerprint density at radius 2 is 2.25 bits per heavy atom. The molecule has 1 aliphatic heterocycles. The molecule has 16 heavy (non-hydrogen) atoms. The number of nitrogens with one attached hydrogen (secondary N) is 1. The first-order valence-electron chi connectivity index (χ1n) is 6.14. The summed E-state index contributed by atoms with van der Waals surface area (Å²) in [6.45, 7) is 7.36. The third-order valence-corrected chi connectivity index (χ3v) is 3.18. The number of rotatable bonds is 5. The van der Waals surface area contributed by atoms with E-state index in [1.54, 1.807) is 0 Å². The topological polar surface area (TPSA) is 64.3 Å². The summed E-state index contributed by atoms with van der Waals surface area (Å²) >= 11 is 0. The van der Waals surface area contributed by atoms with Gasteiger partial charge in [0.05, 0.1) is 12.0 Å². The van der Waals surface area contributed by atoms with E-state index in [-0.39, 0.29) is 23.5 Å². The summed E-state index contributed by atoms with van der Waals surface area (Å²) in [5.74, 6) is 0.129. The van der Waals surface area contributed by atoms with Crippen LogP contribution in [0.25, 0.3) is 0 Å². The van der Waals surface area contributed by atoms with Gasteiger partial charge < -0.3 is 15.8 Å². The third-order valence-electron chi connectivity index (χ3n) is 3.18. The van der Waals surface area contributed by atoms with Gasteiger partial charge in [-0.1, -0.05) is 6.92 Å². The van der Waals surface area contributed by atoms with Crippen LogP contribution in [0, 0.1) is 5.92 Å². The van der Waals surface area contributed by atoms with Crippen LogP contribution in [0.2, 0.25) is 0 Å². The van der Waals surface area contributed by atoms with Crippen LogP contribution in [0.3, 0.4) is 0 Å². The lowest BCUT2D eigenvalue weighted by Crippen LogP contribution is -2.48. The van der Waals surface area contributed by atoms with Crippen molar-refractivity contribution in [3.8, 4) is 0 Å². The molecule has 0 saturated carbocycles. The molecule has 0 radical (unpaired) electrons. The van der Waals surface area contributed by atoms with Crippen LogP contribution in [0.15, 0.2) is 0 Å². The van der Waals surface area contributed by atoms with Crippen molar-refractivity contribution in [3.63, 3.8) is 0 Å². The van der Waals surface area contributed by atoms with Crippen LogP contribution < -0.4 is 11.1 Å². The van der Waals surface area contributed by atoms with Gasteiger partial charge in [0.15, 0.2) is 0 Å². The van der Waals surface area contributed by atoms with Crippen molar-refractivity contribution in [2.24, 2.45) is 11.7 Å². The first kappa shape index (κ1) is 13.5. The van der Waals surface area contributed by atoms with Gasteiger partial charge in [-0.2, -0.15) is 0 Å². The minimum absolute atomic E-state index is 0.0158. The highest BCUT2D eigenvalue weighted by Crippen LogP contribution is 2.24. The molecule has 3 N–H and O–H groups in total. The normalized spacial score (nSPS) is 25.8. The summed E-state index contributed by atoms with van der Waals surface area (Å²) in [6, 6.07) is 0. The van der Waals surface area contributed by atoms with Gasteiger partial charge in [0.25, 0.3) is 0 Å². The number of nitrogens with two attached hydrogens (primary N) is 1. The highest BCUT2D eigenvalue weighted by molar-refractivity contribution is 5.80. The van der Waals surface area contributed by atoms with Crippen LogP contribution in [-0.4, -0.2) is 30.7 Å². The largest absolute Gasteiger partial charge is 0.377 e. The Balaban J connectivity index is 2.51. The van der Waals surface area contributed by atoms with E-state index in [1.807, 2.05) is 13.8 Å². The lowest BCUT2D eigenvalue weighted by molar-refractivity contribution is -0.128. The summed E-state index contributed by atoms with van der Waals surface area (Å²) in [5, 5.41) is 3.06. The van der Waals surface area contributed by atoms with Gasteiger partial charge in [-0.15, -0.1) is 0 Å². The molecule has 0 aromatic carbocycles. The van der Waals surface area contributed by atoms with Crippen molar-refractivity contribution >= 4 is 5.91 Å². The number of carbonyl (C=O) groups excluding carboxylic acids is 1. The second-order valence-corrected chi connectivity index (χ2v) is 5.12. The Morgan fingerprint density at radius 1 is 1.56 bits per heavy atom. The zero-order chi connectivity index (χ0) is 12.2. The molecule has 0 aromatic heterocycles. The van der Waals surface area contributed by atoms with E-state index in [4.69, 9.17) is 10.5 Å². The average Bonchev–Trinajstić information content (AvgIpc) is 2.64. The summed E-state index contributed by atoms with van der Waals surface area (Å²) in [6.07, 6.45) is 2.62. The molecule has 2 atom stereocenters. The molecule has 1 heterocycles. The fraction of sp³-hybridized carbons (Fsp3) is 0.917. The molecule has 1 saturated heterocycles. The molecule has 1 aliphatic rings. The Bertz CT molecular complexity index is 241. The third kappa shape index (κ3) is 3.46. The monoisotopic (exact) mass is 228 g/mol. The number of hydrogen-bond acceptors (Lipinski definition) is 3. The Labute approximate surface area is 97.9 Å². The van der Waals surface area contributed by atoms with E-state index in [1.165, 1.54) is 0 Å². The number of hydrogen-bond donors (Lipinski definition) is 2. The van der Waals surface area contributed by atoms with Crippen molar-refractivity contribution in [2.75, 3.05) is 13.2 Å². The van der Waals surface area contributed by atoms with Gasteiger partial charge in [-0.25, -0.2) is 0 Å². The van der Waals surface area contributed by atoms with E-state index in [2.05, 4.69) is 12.2 Å². The van der Waals surface area contributed by atoms with Crippen molar-refractivity contribution in [1.82, 2.24) is 5.32 Å². The predicted octanol–water partition coefficient (Wildman–Crippen LogP) is 1.05. The maximum atomic E-state index is 12.1. The molecule has 2 unspecified atom stereocenters. The molecular weight excluding hydrogens is 204 g/mol. The van der Waals surface area contributed by atoms with Crippen molar-refractivity contribution in [1.29, 1.82) is 0 Å². The molecular formula is C12H24N2O2. The van der Waals surface area contributed by atoms with E-state index in [0.29, 0.717) is 13.2 Å². The Kier molecular flexibility index (Phi) is 4.74. The Hall–Kier alpha value is -0.610. The highest BCUT2D eigenvalue weighted by atomic mass is 16.5. The standard InChI is InChI=1S/C12H24N2O2/c1-4-10-9(5-8-16-10)11(15)14-12(2,3)6-7-13/h9-10H,4-8,13H2,1-3H3,(H,14,15). The Morgan fingerprint density at radius 3 is 2.81 bits per heavy atom. The maximum absolute atomic E-state index is 12.1. The summed E-state index contributed by atoms with van der Waals surface area (Å²) < 4.78 is 5.52. The van der Waals surface area contributed by atoms with E-state index < -0.39 is 0 Å². The zero-order valence-electron chi connectivity index (χ0n) is 10.6. The smallest absolute Gasteiger partial charge is 0.226 e. The van der Waals surface area contributed by atoms with Crippen LogP contribution in [0.4, 0.5) is 0 Å². The SMILES string of the molecule is CCC1OCCC1C(=O)NC(C)(C)CCN. The summed E-state index contributed by atoms with van der Waals surface area (Å²) in [5.41, 5.74) is 5.31. The number of carbonyl (C=O) groups is 1. The van der Waals surface area contributed by atoms with Gasteiger partial charge in [0, 0.05) is 12.1 Å². The molecule has 4 nitrogen and oxygen atoms in total. The molecule has 94 valence electrons. The van der Waals surface area contributed by atoms with Gasteiger partial charge in [0.2, 0.25) is 5.91 Å². The second kappa shape index (κ2) is 5.64. The van der Waals surface area contributed by atoms with Gasteiger partial charge in [0.1, 0.15) is 0 Å². The van der Waals surface area contributed by atoms with Crippen LogP contribution >= 0.6 is 0 Å². The van der Waals surface area contributed by atoms with Crippen LogP contribution in [-0.2, 0) is 9.53 Å². The summed E-state index contributed by atoms with van der Waals surface area (Å²) in [7, 11) is 0. The first-order chi connectivity index (χ1) is 7.50. The summed E-state index contributed by atoms with van der Waals surface area (Å²) in [4.78, 5) is 12.1. The van der Waals surface area contributed by atoms with Gasteiger partial charge >= 0.3 is 0 Å².